The van der Waals surface area contributed by atoms with Crippen LogP contribution in [-0.4, -0.2) is 154 Å². The molecule has 2 aromatic carbocycles. The van der Waals surface area contributed by atoms with Crippen LogP contribution in [0.3, 0.4) is 0 Å². The van der Waals surface area contributed by atoms with E-state index in [2.05, 4.69) is 42.5 Å². The van der Waals surface area contributed by atoms with E-state index in [0.717, 1.165) is 10.5 Å². The van der Waals surface area contributed by atoms with Crippen molar-refractivity contribution < 1.29 is 66.5 Å². The van der Waals surface area contributed by atoms with E-state index in [0.29, 0.717) is 12.0 Å². The van der Waals surface area contributed by atoms with Gasteiger partial charge < -0.3 is 69.4 Å². The van der Waals surface area contributed by atoms with E-state index in [-0.39, 0.29) is 76.1 Å². The summed E-state index contributed by atoms with van der Waals surface area (Å²) in [5.74, 6) is -11.0. The second-order valence-electron chi connectivity index (χ2n) is 19.0. The second-order valence-corrected chi connectivity index (χ2v) is 20.7. The Kier molecular flexibility index (Phi) is 25.6. The van der Waals surface area contributed by atoms with Crippen molar-refractivity contribution in [1.29, 1.82) is 0 Å². The Morgan fingerprint density at radius 1 is 0.744 bits per heavy atom. The summed E-state index contributed by atoms with van der Waals surface area (Å²) < 4.78 is 18.9. The molecule has 12 amide bonds. The van der Waals surface area contributed by atoms with Crippen LogP contribution in [0.15, 0.2) is 60.7 Å². The van der Waals surface area contributed by atoms with Crippen molar-refractivity contribution >= 4 is 81.9 Å². The number of amides is 12. The van der Waals surface area contributed by atoms with Crippen LogP contribution in [0.2, 0.25) is 0 Å². The molecule has 2 aliphatic rings. The fourth-order valence-electron chi connectivity index (χ4n) is 8.48. The number of likely N-dealkylation sites (tertiary alicyclic amines) is 1. The fourth-order valence-corrected chi connectivity index (χ4v) is 9.59. The van der Waals surface area contributed by atoms with Crippen LogP contribution < -0.4 is 59.7 Å². The number of rotatable bonds is 21. The highest BCUT2D eigenvalue weighted by Gasteiger charge is 2.41. The van der Waals surface area contributed by atoms with Gasteiger partial charge in [-0.2, -0.15) is 0 Å². The van der Waals surface area contributed by atoms with E-state index in [1.807, 2.05) is 6.07 Å². The zero-order valence-electron chi connectivity index (χ0n) is 43.7. The normalized spacial score (nSPS) is 22.6. The van der Waals surface area contributed by atoms with Crippen molar-refractivity contribution in [2.45, 2.75) is 133 Å². The van der Waals surface area contributed by atoms with E-state index in [1.54, 1.807) is 68.4 Å². The molecular weight excluding hydrogens is 1040 g/mol. The van der Waals surface area contributed by atoms with Crippen molar-refractivity contribution in [2.75, 3.05) is 31.1 Å². The summed E-state index contributed by atoms with van der Waals surface area (Å²) >= 11 is 0. The average molecular weight is 1110 g/mol. The zero-order valence-corrected chi connectivity index (χ0v) is 44.5. The van der Waals surface area contributed by atoms with Gasteiger partial charge >= 0.3 is 6.09 Å². The number of nitrogens with zero attached hydrogens (tertiary/aromatic N) is 1. The van der Waals surface area contributed by atoms with E-state index >= 15 is 0 Å². The predicted molar refractivity (Wildman–Crippen MR) is 281 cm³/mol. The molecule has 0 radical (unpaired) electrons. The van der Waals surface area contributed by atoms with Crippen LogP contribution in [0, 0.1) is 5.92 Å². The molecule has 78 heavy (non-hydrogen) atoms. The van der Waals surface area contributed by atoms with Crippen molar-refractivity contribution in [3.8, 4) is 0 Å². The van der Waals surface area contributed by atoms with E-state index in [9.17, 15) is 61.7 Å². The van der Waals surface area contributed by atoms with Crippen molar-refractivity contribution in [2.24, 2.45) is 23.1 Å². The van der Waals surface area contributed by atoms with E-state index in [1.165, 1.54) is 0 Å². The number of hydrogen-bond acceptors (Lipinski definition) is 14. The summed E-state index contributed by atoms with van der Waals surface area (Å²) in [5.41, 5.74) is 17.6. The lowest BCUT2D eigenvalue weighted by Gasteiger charge is -2.31. The lowest BCUT2D eigenvalue weighted by Crippen LogP contribution is -2.61. The molecule has 2 saturated heterocycles. The fraction of sp³-hybridized carbons (Fsp3) is 0.529. The first-order chi connectivity index (χ1) is 37.1. The highest BCUT2D eigenvalue weighted by molar-refractivity contribution is 7.85. The first-order valence-corrected chi connectivity index (χ1v) is 27.2. The number of hydrogen-bond donors (Lipinski definition) is 11. The summed E-state index contributed by atoms with van der Waals surface area (Å²) in [4.78, 5) is 162. The van der Waals surface area contributed by atoms with Crippen molar-refractivity contribution in [1.82, 2.24) is 47.4 Å². The third-order valence-corrected chi connectivity index (χ3v) is 14.3. The highest BCUT2D eigenvalue weighted by atomic mass is 32.2. The summed E-state index contributed by atoms with van der Waals surface area (Å²) in [6, 6.07) is 7.44. The van der Waals surface area contributed by atoms with Gasteiger partial charge in [0.2, 0.25) is 65.0 Å². The van der Waals surface area contributed by atoms with E-state index < -0.39 is 156 Å². The van der Waals surface area contributed by atoms with Gasteiger partial charge in [0.15, 0.2) is 0 Å². The lowest BCUT2D eigenvalue weighted by atomic mass is 9.96. The lowest BCUT2D eigenvalue weighted by molar-refractivity contribution is -0.142. The number of primary amides is 3. The smallest absolute Gasteiger partial charge is 0.407 e. The summed E-state index contributed by atoms with van der Waals surface area (Å²) in [7, 11) is -1.87. The van der Waals surface area contributed by atoms with Gasteiger partial charge in [-0.3, -0.25) is 56.9 Å². The first kappa shape index (κ1) is 62.6. The van der Waals surface area contributed by atoms with Crippen LogP contribution in [0.5, 0.6) is 0 Å². The third kappa shape index (κ3) is 21.2. The molecule has 9 atom stereocenters. The molecule has 26 nitrogen and oxygen atoms in total. The van der Waals surface area contributed by atoms with Gasteiger partial charge in [0.25, 0.3) is 0 Å². The Morgan fingerprint density at radius 2 is 1.38 bits per heavy atom. The van der Waals surface area contributed by atoms with Gasteiger partial charge in [-0.05, 0) is 55.6 Å². The molecule has 1 unspecified atom stereocenters. The maximum Gasteiger partial charge on any atom is 0.407 e. The Labute approximate surface area is 453 Å². The van der Waals surface area contributed by atoms with Crippen molar-refractivity contribution in [3.63, 3.8) is 0 Å². The summed E-state index contributed by atoms with van der Waals surface area (Å²) in [5, 5.41) is 20.3. The second kappa shape index (κ2) is 31.9. The van der Waals surface area contributed by atoms with Crippen LogP contribution in [0.4, 0.5) is 4.79 Å². The number of ether oxygens (including phenoxy) is 1. The molecule has 2 aromatic rings. The molecule has 0 spiro atoms. The minimum atomic E-state index is -1.87. The summed E-state index contributed by atoms with van der Waals surface area (Å²) in [6.45, 7) is 2.80. The highest BCUT2D eigenvalue weighted by Crippen LogP contribution is 2.21. The van der Waals surface area contributed by atoms with Gasteiger partial charge in [0.05, 0.1) is 13.0 Å². The first-order valence-electron chi connectivity index (χ1n) is 25.7. The molecule has 426 valence electrons. The van der Waals surface area contributed by atoms with Crippen LogP contribution in [0.1, 0.15) is 89.2 Å². The van der Waals surface area contributed by atoms with Gasteiger partial charge in [0, 0.05) is 54.7 Å². The van der Waals surface area contributed by atoms with Crippen LogP contribution in [0.25, 0.3) is 0 Å². The zero-order chi connectivity index (χ0) is 57.3. The summed E-state index contributed by atoms with van der Waals surface area (Å²) in [6.07, 6.45) is -2.48. The minimum absolute atomic E-state index is 0.00173. The average Bonchev–Trinajstić information content (AvgIpc) is 3.92. The number of nitrogens with two attached hydrogens (primary N) is 3. The maximum atomic E-state index is 14.7. The molecule has 2 fully saturated rings. The number of carbonyl (C=O) groups excluding carboxylic acids is 12. The number of carbonyl (C=O) groups is 12. The molecule has 4 rings (SSSR count). The Morgan fingerprint density at radius 3 is 2.03 bits per heavy atom. The Bertz CT molecular complexity index is 2490. The minimum Gasteiger partial charge on any atom is -0.445 e. The molecule has 0 saturated carbocycles. The molecule has 2 aliphatic heterocycles. The molecule has 0 bridgehead atoms. The maximum absolute atomic E-state index is 14.7. The van der Waals surface area contributed by atoms with Crippen LogP contribution >= 0.6 is 0 Å². The third-order valence-electron chi connectivity index (χ3n) is 12.9. The quantitative estimate of drug-likeness (QED) is 0.0562. The van der Waals surface area contributed by atoms with Gasteiger partial charge in [-0.1, -0.05) is 80.9 Å². The number of nitrogens with one attached hydrogen (secondary N) is 8. The van der Waals surface area contributed by atoms with Crippen LogP contribution in [-0.2, 0) is 81.3 Å². The molecule has 2 heterocycles. The van der Waals surface area contributed by atoms with Gasteiger partial charge in [-0.15, -0.1) is 0 Å². The van der Waals surface area contributed by atoms with Gasteiger partial charge in [0.1, 0.15) is 48.9 Å². The Hall–Kier alpha value is -7.97. The number of benzene rings is 2. The van der Waals surface area contributed by atoms with Gasteiger partial charge in [-0.25, -0.2) is 4.79 Å². The predicted octanol–water partition coefficient (Wildman–Crippen LogP) is -2.83. The van der Waals surface area contributed by atoms with E-state index in [4.69, 9.17) is 21.9 Å². The standard InChI is InChI=1S/C51H72N12O14S/c1-3-30(2)43-49(73)59-34(18-19-39(52)64)45(69)61-37(27-40(53)65)46(70)60-35(20-24-78(76)25-21-42(67)57-36(47(71)62-43)26-31-12-6-4-7-13-31)50(74)63-23-11-17-38(63)48(72)58-33(44(68)56-28-41(54)66)16-10-22-55-51(75)77-29-32-14-8-5-9-15-32/h4-9,12-15,30,33-38,43H,3,10-11,16-29H2,1-2H3,(H2,52,64)(H2,53,65)(H2,54,66)(H,55,75)(H,56,68)(H,57,67)(H,58,72)(H,59,73)(H,60,70)(H,61,69)(H,62,71)/t30-,33-,34-,35-,36-,37-,38-,43-,78?/m0/s1. The topological polar surface area (TPSA) is 409 Å². The number of alkyl carbamates (subject to hydrolysis) is 1. The molecule has 0 aliphatic carbocycles. The Balaban J connectivity index is 1.62. The monoisotopic (exact) mass is 1110 g/mol. The largest absolute Gasteiger partial charge is 0.445 e. The SMILES string of the molecule is CC[C@H](C)[C@@H]1NC(=O)[C@H](Cc2ccccc2)NC(=O)CCS(=O)CC[C@@H](C(=O)N2CCC[C@H]2C(=O)N[C@@H](CCCNC(=O)OCc2ccccc2)C(=O)NCC(N)=O)NC(=O)[C@H](CC(N)=O)NC(=O)[C@H](CCC(N)=O)NC1=O. The van der Waals surface area contributed by atoms with Crippen molar-refractivity contribution in [3.05, 3.63) is 71.8 Å². The molecule has 0 aromatic heterocycles. The molecule has 27 heteroatoms. The molecule has 14 N–H and O–H groups in total. The molecular formula is C51H72N12O14S.